The third-order valence-electron chi connectivity index (χ3n) is 1.07. The summed E-state index contributed by atoms with van der Waals surface area (Å²) in [4.78, 5) is 14.5. The SMILES string of the molecule is COC(=O)c1ncsc1S(=O)O. The number of ether oxygens (including phenoxy) is 1. The van der Waals surface area contributed by atoms with Gasteiger partial charge in [-0.2, -0.15) is 0 Å². The molecule has 0 amide bonds. The van der Waals surface area contributed by atoms with E-state index in [1.807, 2.05) is 0 Å². The van der Waals surface area contributed by atoms with Crippen molar-refractivity contribution >= 4 is 28.4 Å². The number of hydrogen-bond donors (Lipinski definition) is 1. The molecule has 1 rings (SSSR count). The lowest BCUT2D eigenvalue weighted by Crippen LogP contribution is -2.05. The summed E-state index contributed by atoms with van der Waals surface area (Å²) in [5.74, 6) is -0.700. The van der Waals surface area contributed by atoms with Crippen LogP contribution < -0.4 is 0 Å². The summed E-state index contributed by atoms with van der Waals surface area (Å²) in [5.41, 5.74) is 1.22. The zero-order chi connectivity index (χ0) is 9.14. The van der Waals surface area contributed by atoms with Crippen molar-refractivity contribution in [1.82, 2.24) is 4.98 Å². The Kier molecular flexibility index (Phi) is 2.90. The molecule has 0 aliphatic rings. The first-order valence-corrected chi connectivity index (χ1v) is 4.78. The van der Waals surface area contributed by atoms with Gasteiger partial charge in [0, 0.05) is 0 Å². The van der Waals surface area contributed by atoms with Crippen molar-refractivity contribution in [3.8, 4) is 0 Å². The van der Waals surface area contributed by atoms with E-state index in [0.717, 1.165) is 11.3 Å². The number of methoxy groups -OCH3 is 1. The van der Waals surface area contributed by atoms with Gasteiger partial charge in [-0.05, 0) is 0 Å². The number of carbonyl (C=O) groups is 1. The molecule has 7 heteroatoms. The Morgan fingerprint density at radius 2 is 2.50 bits per heavy atom. The van der Waals surface area contributed by atoms with E-state index in [-0.39, 0.29) is 9.90 Å². The van der Waals surface area contributed by atoms with Gasteiger partial charge in [0.2, 0.25) is 0 Å². The average Bonchev–Trinajstić information content (AvgIpc) is 2.50. The van der Waals surface area contributed by atoms with Crippen LogP contribution in [0.1, 0.15) is 10.5 Å². The van der Waals surface area contributed by atoms with Gasteiger partial charge in [0.1, 0.15) is 0 Å². The van der Waals surface area contributed by atoms with Gasteiger partial charge in [0.25, 0.3) is 0 Å². The van der Waals surface area contributed by atoms with Crippen molar-refractivity contribution in [3.05, 3.63) is 11.2 Å². The molecule has 0 saturated heterocycles. The molecule has 0 fully saturated rings. The van der Waals surface area contributed by atoms with Crippen LogP contribution in [0.15, 0.2) is 9.72 Å². The van der Waals surface area contributed by atoms with E-state index in [9.17, 15) is 9.00 Å². The largest absolute Gasteiger partial charge is 0.464 e. The van der Waals surface area contributed by atoms with Crippen LogP contribution in [0.4, 0.5) is 0 Å². The van der Waals surface area contributed by atoms with E-state index < -0.39 is 17.0 Å². The normalized spacial score (nSPS) is 12.5. The Morgan fingerprint density at radius 3 is 3.00 bits per heavy atom. The van der Waals surface area contributed by atoms with Crippen LogP contribution in [0.5, 0.6) is 0 Å². The molecule has 1 aromatic rings. The number of hydrogen-bond acceptors (Lipinski definition) is 5. The lowest BCUT2D eigenvalue weighted by Gasteiger charge is -1.94. The highest BCUT2D eigenvalue weighted by atomic mass is 32.2. The van der Waals surface area contributed by atoms with Gasteiger partial charge in [-0.1, -0.05) is 0 Å². The highest BCUT2D eigenvalue weighted by Gasteiger charge is 2.18. The third kappa shape index (κ3) is 1.68. The summed E-state index contributed by atoms with van der Waals surface area (Å²) >= 11 is -1.24. The zero-order valence-electron chi connectivity index (χ0n) is 6.01. The molecule has 1 heterocycles. The highest BCUT2D eigenvalue weighted by molar-refractivity contribution is 7.81. The van der Waals surface area contributed by atoms with Crippen LogP contribution in [-0.4, -0.2) is 26.8 Å². The number of esters is 1. The number of carbonyl (C=O) groups excluding carboxylic acids is 1. The molecule has 1 unspecified atom stereocenters. The number of thiazole rings is 1. The summed E-state index contributed by atoms with van der Waals surface area (Å²) < 4.78 is 23.6. The van der Waals surface area contributed by atoms with Crippen LogP contribution in [0.2, 0.25) is 0 Å². The molecule has 0 aromatic carbocycles. The first-order chi connectivity index (χ1) is 5.66. The van der Waals surface area contributed by atoms with Gasteiger partial charge in [-0.15, -0.1) is 11.3 Å². The maximum Gasteiger partial charge on any atom is 0.358 e. The molecular weight excluding hydrogens is 202 g/mol. The Hall–Kier alpha value is -0.790. The van der Waals surface area contributed by atoms with E-state index in [0.29, 0.717) is 0 Å². The van der Waals surface area contributed by atoms with E-state index in [4.69, 9.17) is 4.55 Å². The van der Waals surface area contributed by atoms with Crippen molar-refractivity contribution < 1.29 is 18.3 Å². The third-order valence-corrected chi connectivity index (χ3v) is 2.92. The van der Waals surface area contributed by atoms with E-state index in [1.54, 1.807) is 0 Å². The summed E-state index contributed by atoms with van der Waals surface area (Å²) in [6.45, 7) is 0. The Balaban J connectivity index is 3.07. The molecule has 0 spiro atoms. The van der Waals surface area contributed by atoms with Crippen LogP contribution >= 0.6 is 11.3 Å². The van der Waals surface area contributed by atoms with Gasteiger partial charge in [0.05, 0.1) is 12.6 Å². The van der Waals surface area contributed by atoms with Gasteiger partial charge in [-0.25, -0.2) is 14.0 Å². The summed E-state index contributed by atoms with van der Waals surface area (Å²) in [5, 5.41) is 0. The first kappa shape index (κ1) is 9.30. The molecule has 1 N–H and O–H groups in total. The Morgan fingerprint density at radius 1 is 1.83 bits per heavy atom. The van der Waals surface area contributed by atoms with Crippen molar-refractivity contribution in [1.29, 1.82) is 0 Å². The smallest absolute Gasteiger partial charge is 0.358 e. The molecule has 12 heavy (non-hydrogen) atoms. The highest BCUT2D eigenvalue weighted by Crippen LogP contribution is 2.17. The van der Waals surface area contributed by atoms with Crippen LogP contribution in [0, 0.1) is 0 Å². The second kappa shape index (κ2) is 3.74. The minimum absolute atomic E-state index is 0.0156. The van der Waals surface area contributed by atoms with Crippen LogP contribution in [0.25, 0.3) is 0 Å². The quantitative estimate of drug-likeness (QED) is 0.564. The van der Waals surface area contributed by atoms with Gasteiger partial charge < -0.3 is 9.29 Å². The van der Waals surface area contributed by atoms with Crippen molar-refractivity contribution in [2.24, 2.45) is 0 Å². The van der Waals surface area contributed by atoms with E-state index in [1.165, 1.54) is 12.6 Å². The second-order valence-corrected chi connectivity index (χ2v) is 3.75. The molecule has 0 aliphatic heterocycles. The second-order valence-electron chi connectivity index (χ2n) is 1.73. The van der Waals surface area contributed by atoms with Crippen LogP contribution in [-0.2, 0) is 15.8 Å². The molecule has 0 radical (unpaired) electrons. The summed E-state index contributed by atoms with van der Waals surface area (Å²) in [6.07, 6.45) is 0. The first-order valence-electron chi connectivity index (χ1n) is 2.79. The fraction of sp³-hybridized carbons (Fsp3) is 0.200. The minimum Gasteiger partial charge on any atom is -0.464 e. The lowest BCUT2D eigenvalue weighted by atomic mass is 10.5. The van der Waals surface area contributed by atoms with Gasteiger partial charge in [0.15, 0.2) is 21.0 Å². The topological polar surface area (TPSA) is 76.5 Å². The molecular formula is C5H5NO4S2. The molecule has 5 nitrogen and oxygen atoms in total. The number of rotatable bonds is 2. The fourth-order valence-corrected chi connectivity index (χ4v) is 1.85. The van der Waals surface area contributed by atoms with Gasteiger partial charge >= 0.3 is 5.97 Å². The maximum atomic E-state index is 10.9. The van der Waals surface area contributed by atoms with Crippen molar-refractivity contribution in [2.45, 2.75) is 4.21 Å². The molecule has 66 valence electrons. The van der Waals surface area contributed by atoms with E-state index in [2.05, 4.69) is 9.72 Å². The zero-order valence-corrected chi connectivity index (χ0v) is 7.65. The maximum absolute atomic E-state index is 10.9. The molecule has 1 atom stereocenters. The minimum atomic E-state index is -2.18. The predicted molar refractivity (Wildman–Crippen MR) is 42.5 cm³/mol. The average molecular weight is 207 g/mol. The number of aromatic nitrogens is 1. The van der Waals surface area contributed by atoms with Crippen molar-refractivity contribution in [2.75, 3.05) is 7.11 Å². The fourth-order valence-electron chi connectivity index (χ4n) is 0.592. The standard InChI is InChI=1S/C5H5NO4S2/c1-10-4(7)3-5(12(8)9)11-2-6-3/h2H,1H3,(H,8,9). The molecule has 0 saturated carbocycles. The lowest BCUT2D eigenvalue weighted by molar-refractivity contribution is 0.0590. The van der Waals surface area contributed by atoms with Crippen molar-refractivity contribution in [3.63, 3.8) is 0 Å². The van der Waals surface area contributed by atoms with Crippen LogP contribution in [0.3, 0.4) is 0 Å². The Labute approximate surface area is 74.7 Å². The molecule has 1 aromatic heterocycles. The monoisotopic (exact) mass is 207 g/mol. The molecule has 0 aliphatic carbocycles. The molecule has 0 bridgehead atoms. The summed E-state index contributed by atoms with van der Waals surface area (Å²) in [7, 11) is 1.19. The Bertz CT molecular complexity index is 321. The summed E-state index contributed by atoms with van der Waals surface area (Å²) in [6, 6.07) is 0. The predicted octanol–water partition coefficient (Wildman–Crippen LogP) is 0.510. The van der Waals surface area contributed by atoms with E-state index >= 15 is 0 Å². The van der Waals surface area contributed by atoms with Gasteiger partial charge in [-0.3, -0.25) is 0 Å². The number of nitrogens with zero attached hydrogens (tertiary/aromatic N) is 1.